The highest BCUT2D eigenvalue weighted by molar-refractivity contribution is 5.94. The van der Waals surface area contributed by atoms with Crippen LogP contribution in [0.3, 0.4) is 0 Å². The number of nitrogens with one attached hydrogen (secondary N) is 2. The summed E-state index contributed by atoms with van der Waals surface area (Å²) in [6.07, 6.45) is 2.30. The van der Waals surface area contributed by atoms with Crippen LogP contribution in [-0.2, 0) is 0 Å². The van der Waals surface area contributed by atoms with Gasteiger partial charge >= 0.3 is 0 Å². The van der Waals surface area contributed by atoms with E-state index in [1.165, 1.54) is 4.68 Å². The molecule has 0 aliphatic heterocycles. The number of nitrogens with zero attached hydrogens (tertiary/aromatic N) is 3. The predicted octanol–water partition coefficient (Wildman–Crippen LogP) is 1.37. The second-order valence-electron chi connectivity index (χ2n) is 5.15. The Balaban J connectivity index is 1.95. The maximum Gasteiger partial charge on any atom is 0.251 e. The van der Waals surface area contributed by atoms with Crippen LogP contribution in [-0.4, -0.2) is 32.9 Å². The first-order valence-electron chi connectivity index (χ1n) is 7.44. The summed E-state index contributed by atoms with van der Waals surface area (Å²) >= 11 is 0. The molecule has 1 aromatic heterocycles. The summed E-state index contributed by atoms with van der Waals surface area (Å²) in [5, 5.41) is 14.5. The van der Waals surface area contributed by atoms with Crippen molar-refractivity contribution < 1.29 is 4.79 Å². The summed E-state index contributed by atoms with van der Waals surface area (Å²) in [7, 11) is 0. The number of aromatic nitrogens is 3. The van der Waals surface area contributed by atoms with Gasteiger partial charge in [0.15, 0.2) is 0 Å². The Labute approximate surface area is 134 Å². The molecule has 0 spiro atoms. The third kappa shape index (κ3) is 4.29. The number of hydrogen-bond donors (Lipinski definition) is 4. The van der Waals surface area contributed by atoms with Crippen molar-refractivity contribution in [3.63, 3.8) is 0 Å². The lowest BCUT2D eigenvalue weighted by Crippen LogP contribution is -2.25. The van der Waals surface area contributed by atoms with E-state index in [9.17, 15) is 4.79 Å². The van der Waals surface area contributed by atoms with Crippen LogP contribution in [0.4, 0.5) is 11.9 Å². The standard InChI is InChI=1S/C15H21N7O/c1-2-3-11(16)8-9-19-13(23)10-4-6-12(7-5-10)22-15(18)20-14(17)21-22/h4-7,16H,2-3,8-9H2,1H3,(H,19,23)(H4,17,18,20,21). The summed E-state index contributed by atoms with van der Waals surface area (Å²) in [6.45, 7) is 2.50. The fourth-order valence-corrected chi connectivity index (χ4v) is 2.14. The highest BCUT2D eigenvalue weighted by Crippen LogP contribution is 2.13. The molecule has 0 unspecified atom stereocenters. The molecule has 2 aromatic rings. The Hall–Kier alpha value is -2.90. The van der Waals surface area contributed by atoms with Gasteiger partial charge in [0, 0.05) is 24.2 Å². The van der Waals surface area contributed by atoms with E-state index >= 15 is 0 Å². The highest BCUT2D eigenvalue weighted by Gasteiger charge is 2.09. The molecule has 6 N–H and O–H groups in total. The van der Waals surface area contributed by atoms with Gasteiger partial charge in [-0.3, -0.25) is 4.79 Å². The molecule has 0 saturated heterocycles. The van der Waals surface area contributed by atoms with E-state index in [0.29, 0.717) is 29.9 Å². The van der Waals surface area contributed by atoms with Crippen molar-refractivity contribution in [3.05, 3.63) is 29.8 Å². The molecule has 1 heterocycles. The molecule has 1 aromatic carbocycles. The average molecular weight is 315 g/mol. The third-order valence-electron chi connectivity index (χ3n) is 3.29. The number of carbonyl (C=O) groups is 1. The molecular weight excluding hydrogens is 294 g/mol. The lowest BCUT2D eigenvalue weighted by molar-refractivity contribution is 0.0955. The van der Waals surface area contributed by atoms with E-state index < -0.39 is 0 Å². The molecular formula is C15H21N7O. The van der Waals surface area contributed by atoms with Crippen LogP contribution in [0, 0.1) is 5.41 Å². The number of rotatable bonds is 7. The highest BCUT2D eigenvalue weighted by atomic mass is 16.1. The maximum atomic E-state index is 12.0. The summed E-state index contributed by atoms with van der Waals surface area (Å²) in [6, 6.07) is 6.80. The van der Waals surface area contributed by atoms with Crippen molar-refractivity contribution in [2.45, 2.75) is 26.2 Å². The van der Waals surface area contributed by atoms with Crippen molar-refractivity contribution in [2.75, 3.05) is 18.0 Å². The number of hydrogen-bond acceptors (Lipinski definition) is 6. The topological polar surface area (TPSA) is 136 Å². The zero-order chi connectivity index (χ0) is 16.8. The van der Waals surface area contributed by atoms with E-state index in [-0.39, 0.29) is 17.8 Å². The van der Waals surface area contributed by atoms with Crippen LogP contribution < -0.4 is 16.8 Å². The molecule has 0 saturated carbocycles. The van der Waals surface area contributed by atoms with Crippen LogP contribution in [0.5, 0.6) is 0 Å². The first kappa shape index (κ1) is 16.5. The summed E-state index contributed by atoms with van der Waals surface area (Å²) < 4.78 is 1.41. The number of anilines is 2. The number of nitrogen functional groups attached to an aromatic ring is 2. The second kappa shape index (κ2) is 7.39. The van der Waals surface area contributed by atoms with Gasteiger partial charge in [0.25, 0.3) is 5.91 Å². The average Bonchev–Trinajstić information content (AvgIpc) is 2.86. The number of benzene rings is 1. The Morgan fingerprint density at radius 2 is 1.96 bits per heavy atom. The molecule has 1 amide bonds. The molecule has 8 heteroatoms. The van der Waals surface area contributed by atoms with Crippen molar-refractivity contribution in [3.8, 4) is 5.69 Å². The molecule has 8 nitrogen and oxygen atoms in total. The number of nitrogens with two attached hydrogens (primary N) is 2. The van der Waals surface area contributed by atoms with Gasteiger partial charge < -0.3 is 22.2 Å². The fraction of sp³-hybridized carbons (Fsp3) is 0.333. The van der Waals surface area contributed by atoms with Gasteiger partial charge in [-0.25, -0.2) is 0 Å². The molecule has 0 aliphatic rings. The molecule has 0 radical (unpaired) electrons. The van der Waals surface area contributed by atoms with Crippen molar-refractivity contribution in [1.29, 1.82) is 5.41 Å². The van der Waals surface area contributed by atoms with Gasteiger partial charge in [-0.2, -0.15) is 9.67 Å². The van der Waals surface area contributed by atoms with Gasteiger partial charge in [-0.05, 0) is 30.7 Å². The number of carbonyl (C=O) groups excluding carboxylic acids is 1. The summed E-state index contributed by atoms with van der Waals surface area (Å²) in [5.74, 6) is 0.111. The minimum atomic E-state index is -0.174. The van der Waals surface area contributed by atoms with Gasteiger partial charge in [0.2, 0.25) is 11.9 Å². The zero-order valence-corrected chi connectivity index (χ0v) is 13.0. The molecule has 122 valence electrons. The molecule has 2 rings (SSSR count). The van der Waals surface area contributed by atoms with Gasteiger partial charge in [0.05, 0.1) is 5.69 Å². The van der Waals surface area contributed by atoms with Crippen molar-refractivity contribution >= 4 is 23.5 Å². The third-order valence-corrected chi connectivity index (χ3v) is 3.29. The first-order chi connectivity index (χ1) is 11.0. The Kier molecular flexibility index (Phi) is 5.29. The largest absolute Gasteiger partial charge is 0.368 e. The van der Waals surface area contributed by atoms with Crippen LogP contribution in [0.15, 0.2) is 24.3 Å². The SMILES string of the molecule is CCCC(=N)CCNC(=O)c1ccc(-n2nc(N)nc2N)cc1. The normalized spacial score (nSPS) is 10.5. The lowest BCUT2D eigenvalue weighted by Gasteiger charge is -2.07. The van der Waals surface area contributed by atoms with Gasteiger partial charge in [-0.1, -0.05) is 13.3 Å². The zero-order valence-electron chi connectivity index (χ0n) is 13.0. The molecule has 23 heavy (non-hydrogen) atoms. The first-order valence-corrected chi connectivity index (χ1v) is 7.44. The molecule has 0 bridgehead atoms. The smallest absolute Gasteiger partial charge is 0.251 e. The van der Waals surface area contributed by atoms with Crippen LogP contribution in [0.1, 0.15) is 36.5 Å². The van der Waals surface area contributed by atoms with E-state index in [0.717, 1.165) is 12.8 Å². The molecule has 0 aliphatic carbocycles. The summed E-state index contributed by atoms with van der Waals surface area (Å²) in [4.78, 5) is 15.9. The Morgan fingerprint density at radius 3 is 2.52 bits per heavy atom. The molecule has 0 atom stereocenters. The summed E-state index contributed by atoms with van der Waals surface area (Å²) in [5.41, 5.74) is 13.1. The van der Waals surface area contributed by atoms with Crippen LogP contribution in [0.2, 0.25) is 0 Å². The minimum Gasteiger partial charge on any atom is -0.368 e. The molecule has 0 fully saturated rings. The van der Waals surface area contributed by atoms with Gasteiger partial charge in [-0.15, -0.1) is 5.10 Å². The van der Waals surface area contributed by atoms with Crippen molar-refractivity contribution in [2.24, 2.45) is 0 Å². The predicted molar refractivity (Wildman–Crippen MR) is 89.8 cm³/mol. The van der Waals surface area contributed by atoms with Crippen molar-refractivity contribution in [1.82, 2.24) is 20.1 Å². The van der Waals surface area contributed by atoms with E-state index in [2.05, 4.69) is 15.4 Å². The van der Waals surface area contributed by atoms with Crippen LogP contribution >= 0.6 is 0 Å². The minimum absolute atomic E-state index is 0.0962. The Bertz CT molecular complexity index is 690. The van der Waals surface area contributed by atoms with Crippen LogP contribution in [0.25, 0.3) is 5.69 Å². The van der Waals surface area contributed by atoms with E-state index in [1.54, 1.807) is 24.3 Å². The Morgan fingerprint density at radius 1 is 1.26 bits per heavy atom. The fourth-order valence-electron chi connectivity index (χ4n) is 2.14. The lowest BCUT2D eigenvalue weighted by atomic mass is 10.1. The monoisotopic (exact) mass is 315 g/mol. The van der Waals surface area contributed by atoms with E-state index in [4.69, 9.17) is 16.9 Å². The maximum absolute atomic E-state index is 12.0. The van der Waals surface area contributed by atoms with E-state index in [1.807, 2.05) is 6.92 Å². The quantitative estimate of drug-likeness (QED) is 0.572. The second-order valence-corrected chi connectivity index (χ2v) is 5.15. The van der Waals surface area contributed by atoms with Gasteiger partial charge in [0.1, 0.15) is 0 Å². The number of amides is 1.